The molecule has 12 rings (SSSR count). The van der Waals surface area contributed by atoms with E-state index in [-0.39, 0.29) is 0 Å². The molecular formula is C48H27N3O2. The molecule has 0 saturated heterocycles. The van der Waals surface area contributed by atoms with Crippen molar-refractivity contribution in [2.45, 2.75) is 0 Å². The molecule has 53 heavy (non-hydrogen) atoms. The van der Waals surface area contributed by atoms with Crippen LogP contribution < -0.4 is 4.90 Å². The van der Waals surface area contributed by atoms with Crippen LogP contribution in [0.15, 0.2) is 173 Å². The highest BCUT2D eigenvalue weighted by atomic mass is 16.3. The van der Waals surface area contributed by atoms with Crippen LogP contribution in [0.5, 0.6) is 0 Å². The van der Waals surface area contributed by atoms with Crippen molar-refractivity contribution in [3.8, 4) is 33.8 Å². The fraction of sp³-hybridized carbons (Fsp3) is 0. The van der Waals surface area contributed by atoms with E-state index in [4.69, 9.17) is 18.8 Å². The second kappa shape index (κ2) is 10.6. The van der Waals surface area contributed by atoms with Crippen LogP contribution >= 0.6 is 0 Å². The number of anilines is 3. The van der Waals surface area contributed by atoms with Gasteiger partial charge in [-0.25, -0.2) is 9.97 Å². The van der Waals surface area contributed by atoms with Gasteiger partial charge in [-0.1, -0.05) is 91.0 Å². The van der Waals surface area contributed by atoms with Crippen molar-refractivity contribution >= 4 is 82.6 Å². The van der Waals surface area contributed by atoms with Gasteiger partial charge in [0, 0.05) is 43.9 Å². The highest BCUT2D eigenvalue weighted by molar-refractivity contribution is 6.16. The molecule has 0 aliphatic carbocycles. The van der Waals surface area contributed by atoms with Gasteiger partial charge in [0.1, 0.15) is 28.0 Å². The van der Waals surface area contributed by atoms with Gasteiger partial charge in [0.25, 0.3) is 0 Å². The first-order chi connectivity index (χ1) is 26.2. The molecule has 8 aromatic carbocycles. The highest BCUT2D eigenvalue weighted by Crippen LogP contribution is 2.52. The summed E-state index contributed by atoms with van der Waals surface area (Å²) < 4.78 is 12.7. The fourth-order valence-electron chi connectivity index (χ4n) is 8.32. The summed E-state index contributed by atoms with van der Waals surface area (Å²) in [6.07, 6.45) is 0. The Morgan fingerprint density at radius 3 is 1.96 bits per heavy atom. The smallest absolute Gasteiger partial charge is 0.180 e. The van der Waals surface area contributed by atoms with E-state index in [0.717, 1.165) is 66.6 Å². The van der Waals surface area contributed by atoms with Gasteiger partial charge in [0.05, 0.1) is 11.4 Å². The normalized spacial score (nSPS) is 12.5. The monoisotopic (exact) mass is 677 g/mol. The molecule has 1 aliphatic rings. The molecule has 0 fully saturated rings. The lowest BCUT2D eigenvalue weighted by atomic mass is 9.89. The predicted octanol–water partition coefficient (Wildman–Crippen LogP) is 13.4. The minimum atomic E-state index is 0.632. The fourth-order valence-corrected chi connectivity index (χ4v) is 8.32. The van der Waals surface area contributed by atoms with Gasteiger partial charge in [-0.2, -0.15) is 0 Å². The Hall–Kier alpha value is -7.24. The quantitative estimate of drug-likeness (QED) is 0.186. The summed E-state index contributed by atoms with van der Waals surface area (Å²) >= 11 is 0. The molecule has 0 N–H and O–H groups in total. The van der Waals surface area contributed by atoms with Gasteiger partial charge in [0.15, 0.2) is 11.4 Å². The number of nitrogens with zero attached hydrogens (tertiary/aromatic N) is 3. The number of aromatic nitrogens is 2. The number of para-hydroxylation sites is 2. The van der Waals surface area contributed by atoms with E-state index in [1.54, 1.807) is 0 Å². The average Bonchev–Trinajstić information content (AvgIpc) is 3.78. The van der Waals surface area contributed by atoms with E-state index in [1.807, 2.05) is 36.4 Å². The van der Waals surface area contributed by atoms with Crippen LogP contribution in [-0.4, -0.2) is 9.97 Å². The zero-order chi connectivity index (χ0) is 34.6. The van der Waals surface area contributed by atoms with Gasteiger partial charge >= 0.3 is 0 Å². The number of rotatable bonds is 3. The Kier molecular flexibility index (Phi) is 5.71. The molecule has 0 unspecified atom stereocenters. The van der Waals surface area contributed by atoms with Crippen molar-refractivity contribution in [2.24, 2.45) is 0 Å². The lowest BCUT2D eigenvalue weighted by Gasteiger charge is -2.34. The van der Waals surface area contributed by atoms with E-state index in [9.17, 15) is 0 Å². The third-order valence-electron chi connectivity index (χ3n) is 10.8. The Bertz CT molecular complexity index is 3300. The second-order valence-corrected chi connectivity index (χ2v) is 13.8. The second-order valence-electron chi connectivity index (χ2n) is 13.8. The maximum Gasteiger partial charge on any atom is 0.180 e. The number of fused-ring (bicyclic) bond motifs is 9. The minimum absolute atomic E-state index is 0.632. The van der Waals surface area contributed by atoms with E-state index >= 15 is 0 Å². The van der Waals surface area contributed by atoms with Gasteiger partial charge < -0.3 is 13.7 Å². The van der Waals surface area contributed by atoms with Crippen molar-refractivity contribution < 1.29 is 8.83 Å². The van der Waals surface area contributed by atoms with Gasteiger partial charge in [0.2, 0.25) is 0 Å². The van der Waals surface area contributed by atoms with Gasteiger partial charge in [-0.15, -0.1) is 0 Å². The largest absolute Gasteiger partial charge is 0.456 e. The maximum absolute atomic E-state index is 6.46. The average molecular weight is 678 g/mol. The lowest BCUT2D eigenvalue weighted by molar-refractivity contribution is 0.666. The zero-order valence-electron chi connectivity index (χ0n) is 28.2. The molecule has 1 aliphatic heterocycles. The van der Waals surface area contributed by atoms with Crippen LogP contribution in [0.25, 0.3) is 99.3 Å². The predicted molar refractivity (Wildman–Crippen MR) is 216 cm³/mol. The molecule has 0 radical (unpaired) electrons. The van der Waals surface area contributed by atoms with Crippen molar-refractivity contribution in [1.29, 1.82) is 0 Å². The summed E-state index contributed by atoms with van der Waals surface area (Å²) in [6, 6.07) is 57.5. The molecule has 11 aromatic rings. The Morgan fingerprint density at radius 2 is 1.11 bits per heavy atom. The number of hydrogen-bond donors (Lipinski definition) is 0. The van der Waals surface area contributed by atoms with E-state index in [0.29, 0.717) is 11.4 Å². The third-order valence-corrected chi connectivity index (χ3v) is 10.8. The molecular weight excluding hydrogens is 651 g/mol. The first kappa shape index (κ1) is 28.5. The summed E-state index contributed by atoms with van der Waals surface area (Å²) in [5, 5.41) is 8.04. The highest BCUT2D eigenvalue weighted by Gasteiger charge is 2.27. The number of benzene rings is 8. The van der Waals surface area contributed by atoms with Crippen molar-refractivity contribution in [2.75, 3.05) is 4.90 Å². The van der Waals surface area contributed by atoms with Crippen LogP contribution in [0.3, 0.4) is 0 Å². The van der Waals surface area contributed by atoms with E-state index in [1.165, 1.54) is 38.4 Å². The third kappa shape index (κ3) is 4.13. The van der Waals surface area contributed by atoms with Crippen molar-refractivity contribution in [3.63, 3.8) is 0 Å². The first-order valence-electron chi connectivity index (χ1n) is 17.8. The van der Waals surface area contributed by atoms with Crippen molar-refractivity contribution in [1.82, 2.24) is 9.97 Å². The molecule has 0 bridgehead atoms. The van der Waals surface area contributed by atoms with Crippen LogP contribution in [-0.2, 0) is 0 Å². The van der Waals surface area contributed by atoms with Crippen LogP contribution in [0, 0.1) is 0 Å². The first-order valence-corrected chi connectivity index (χ1v) is 17.8. The standard InChI is InChI=1S/C48H27N3O2/c1-2-10-31-26-40-38(25-30(31)9-1)36-15-7-11-28-12-8-16-39(44(28)36)51(40)33-22-19-29(20-23-33)48-49-45(47-46(50-48)37-14-4-6-18-42(37)53-47)32-21-24-35-34-13-3-5-17-41(34)52-43(35)27-32/h1-27H. The van der Waals surface area contributed by atoms with Crippen LogP contribution in [0.2, 0.25) is 0 Å². The molecule has 5 heteroatoms. The topological polar surface area (TPSA) is 55.3 Å². The van der Waals surface area contributed by atoms with Crippen molar-refractivity contribution in [3.05, 3.63) is 164 Å². The number of furan rings is 2. The molecule has 4 heterocycles. The molecule has 3 aromatic heterocycles. The molecule has 0 atom stereocenters. The minimum Gasteiger partial charge on any atom is -0.456 e. The maximum atomic E-state index is 6.46. The summed E-state index contributed by atoms with van der Waals surface area (Å²) in [4.78, 5) is 12.8. The molecule has 5 nitrogen and oxygen atoms in total. The summed E-state index contributed by atoms with van der Waals surface area (Å²) in [5.41, 5.74) is 12.3. The molecule has 0 amide bonds. The Labute approximate surface area is 303 Å². The summed E-state index contributed by atoms with van der Waals surface area (Å²) in [5.74, 6) is 0.632. The zero-order valence-corrected chi connectivity index (χ0v) is 28.2. The molecule has 0 saturated carbocycles. The lowest BCUT2D eigenvalue weighted by Crippen LogP contribution is -2.15. The van der Waals surface area contributed by atoms with Gasteiger partial charge in [-0.3, -0.25) is 0 Å². The van der Waals surface area contributed by atoms with Gasteiger partial charge in [-0.05, 0) is 94.5 Å². The number of hydrogen-bond acceptors (Lipinski definition) is 5. The van der Waals surface area contributed by atoms with Crippen LogP contribution in [0.4, 0.5) is 17.1 Å². The summed E-state index contributed by atoms with van der Waals surface area (Å²) in [6.45, 7) is 0. The SMILES string of the molecule is c1ccc2cc3c(cc2c1)-c1cccc2cccc(c12)N3c1ccc(-c2nc(-c3ccc4c(c3)oc3ccccc34)c3oc4ccccc4c3n2)cc1. The van der Waals surface area contributed by atoms with E-state index < -0.39 is 0 Å². The Morgan fingerprint density at radius 1 is 0.434 bits per heavy atom. The van der Waals surface area contributed by atoms with Crippen LogP contribution in [0.1, 0.15) is 0 Å². The summed E-state index contributed by atoms with van der Waals surface area (Å²) in [7, 11) is 0. The Balaban J connectivity index is 1.04. The molecule has 246 valence electrons. The molecule has 0 spiro atoms. The van der Waals surface area contributed by atoms with E-state index in [2.05, 4.69) is 132 Å².